The van der Waals surface area contributed by atoms with Crippen molar-refractivity contribution in [1.82, 2.24) is 5.32 Å². The van der Waals surface area contributed by atoms with Gasteiger partial charge in [0.1, 0.15) is 0 Å². The third kappa shape index (κ3) is 2.87. The Hall–Kier alpha value is -1.78. The van der Waals surface area contributed by atoms with E-state index in [2.05, 4.69) is 10.6 Å². The maximum atomic E-state index is 13.3. The first-order valence-corrected chi connectivity index (χ1v) is 5.60. The van der Waals surface area contributed by atoms with Crippen molar-refractivity contribution in [2.45, 2.75) is 25.3 Å². The summed E-state index contributed by atoms with van der Waals surface area (Å²) in [6, 6.07) is 4.29. The van der Waals surface area contributed by atoms with Gasteiger partial charge < -0.3 is 15.4 Å². The summed E-state index contributed by atoms with van der Waals surface area (Å²) in [6.45, 7) is 0. The van der Waals surface area contributed by atoms with Gasteiger partial charge in [-0.2, -0.15) is 0 Å². The van der Waals surface area contributed by atoms with Gasteiger partial charge in [0.25, 0.3) is 0 Å². The molecule has 0 atom stereocenters. The molecule has 2 rings (SSSR count). The molecule has 0 unspecified atom stereocenters. The van der Waals surface area contributed by atoms with Crippen LogP contribution in [0.3, 0.4) is 0 Å². The Bertz CT molecular complexity index is 419. The standard InChI is InChI=1S/C12H15FN2O2/c1-17-11-6-5-9(7-10(11)13)15-12(16)14-8-3-2-4-8/h5-8H,2-4H2,1H3,(H2,14,15,16). The lowest BCUT2D eigenvalue weighted by Crippen LogP contribution is -2.41. The molecule has 2 N–H and O–H groups in total. The Balaban J connectivity index is 1.93. The van der Waals surface area contributed by atoms with E-state index in [0.717, 1.165) is 19.3 Å². The number of carbonyl (C=O) groups is 1. The van der Waals surface area contributed by atoms with E-state index in [-0.39, 0.29) is 17.8 Å². The Morgan fingerprint density at radius 2 is 2.24 bits per heavy atom. The van der Waals surface area contributed by atoms with Crippen LogP contribution in [0.4, 0.5) is 14.9 Å². The molecule has 4 nitrogen and oxygen atoms in total. The van der Waals surface area contributed by atoms with Crippen molar-refractivity contribution >= 4 is 11.7 Å². The monoisotopic (exact) mass is 238 g/mol. The van der Waals surface area contributed by atoms with Gasteiger partial charge in [0.2, 0.25) is 0 Å². The number of anilines is 1. The number of carbonyl (C=O) groups excluding carboxylic acids is 1. The van der Waals surface area contributed by atoms with Gasteiger partial charge in [0.05, 0.1) is 7.11 Å². The minimum absolute atomic E-state index is 0.162. The molecule has 17 heavy (non-hydrogen) atoms. The van der Waals surface area contributed by atoms with Crippen LogP contribution < -0.4 is 15.4 Å². The molecule has 0 aromatic heterocycles. The van der Waals surface area contributed by atoms with Crippen molar-refractivity contribution in [1.29, 1.82) is 0 Å². The molecule has 1 saturated carbocycles. The van der Waals surface area contributed by atoms with Crippen LogP contribution >= 0.6 is 0 Å². The van der Waals surface area contributed by atoms with Crippen molar-refractivity contribution in [3.8, 4) is 5.75 Å². The second-order valence-electron chi connectivity index (χ2n) is 4.08. The van der Waals surface area contributed by atoms with Gasteiger partial charge in [-0.1, -0.05) is 0 Å². The summed E-state index contributed by atoms with van der Waals surface area (Å²) in [7, 11) is 1.40. The van der Waals surface area contributed by atoms with Crippen LogP contribution in [0, 0.1) is 5.82 Å². The molecule has 1 fully saturated rings. The molecule has 1 aliphatic carbocycles. The molecular weight excluding hydrogens is 223 g/mol. The number of benzene rings is 1. The van der Waals surface area contributed by atoms with Crippen LogP contribution in [-0.4, -0.2) is 19.2 Å². The van der Waals surface area contributed by atoms with Crippen LogP contribution in [0.2, 0.25) is 0 Å². The van der Waals surface area contributed by atoms with E-state index >= 15 is 0 Å². The molecule has 0 heterocycles. The molecule has 5 heteroatoms. The SMILES string of the molecule is COc1ccc(NC(=O)NC2CCC2)cc1F. The first-order chi connectivity index (χ1) is 8.19. The fraction of sp³-hybridized carbons (Fsp3) is 0.417. The highest BCUT2D eigenvalue weighted by Crippen LogP contribution is 2.21. The van der Waals surface area contributed by atoms with Crippen LogP contribution in [0.25, 0.3) is 0 Å². The second kappa shape index (κ2) is 5.03. The first kappa shape index (κ1) is 11.7. The summed E-state index contributed by atoms with van der Waals surface area (Å²) >= 11 is 0. The average molecular weight is 238 g/mol. The highest BCUT2D eigenvalue weighted by Gasteiger charge is 2.19. The van der Waals surface area contributed by atoms with Crippen LogP contribution in [-0.2, 0) is 0 Å². The fourth-order valence-corrected chi connectivity index (χ4v) is 1.65. The molecule has 1 aromatic rings. The zero-order valence-electron chi connectivity index (χ0n) is 9.63. The second-order valence-corrected chi connectivity index (χ2v) is 4.08. The number of rotatable bonds is 3. The van der Waals surface area contributed by atoms with Crippen molar-refractivity contribution in [3.05, 3.63) is 24.0 Å². The molecule has 0 bridgehead atoms. The number of methoxy groups -OCH3 is 1. The van der Waals surface area contributed by atoms with Gasteiger partial charge in [0.15, 0.2) is 11.6 Å². The molecule has 0 spiro atoms. The maximum Gasteiger partial charge on any atom is 0.319 e. The quantitative estimate of drug-likeness (QED) is 0.850. The van der Waals surface area contributed by atoms with Gasteiger partial charge in [-0.3, -0.25) is 0 Å². The molecule has 0 radical (unpaired) electrons. The zero-order valence-corrected chi connectivity index (χ0v) is 9.63. The average Bonchev–Trinajstić information content (AvgIpc) is 2.24. The lowest BCUT2D eigenvalue weighted by atomic mass is 9.93. The molecule has 0 aliphatic heterocycles. The van der Waals surface area contributed by atoms with Gasteiger partial charge in [-0.15, -0.1) is 0 Å². The summed E-state index contributed by atoms with van der Waals surface area (Å²) in [6.07, 6.45) is 3.19. The van der Waals surface area contributed by atoms with Gasteiger partial charge >= 0.3 is 6.03 Å². The van der Waals surface area contributed by atoms with Crippen molar-refractivity contribution < 1.29 is 13.9 Å². The minimum atomic E-state index is -0.492. The number of hydrogen-bond donors (Lipinski definition) is 2. The van der Waals surface area contributed by atoms with E-state index in [1.54, 1.807) is 6.07 Å². The molecule has 1 aromatic carbocycles. The highest BCUT2D eigenvalue weighted by molar-refractivity contribution is 5.89. The Labute approximate surface area is 99.2 Å². The number of urea groups is 1. The topological polar surface area (TPSA) is 50.4 Å². The number of hydrogen-bond acceptors (Lipinski definition) is 2. The van der Waals surface area contributed by atoms with Crippen LogP contribution in [0.1, 0.15) is 19.3 Å². The Morgan fingerprint density at radius 3 is 2.76 bits per heavy atom. The Morgan fingerprint density at radius 1 is 1.47 bits per heavy atom. The predicted octanol–water partition coefficient (Wildman–Crippen LogP) is 2.51. The fourth-order valence-electron chi connectivity index (χ4n) is 1.65. The van der Waals surface area contributed by atoms with Crippen molar-refractivity contribution in [2.75, 3.05) is 12.4 Å². The molecular formula is C12H15FN2O2. The zero-order chi connectivity index (χ0) is 12.3. The normalized spacial score (nSPS) is 14.9. The summed E-state index contributed by atoms with van der Waals surface area (Å²) in [5, 5.41) is 5.40. The maximum absolute atomic E-state index is 13.3. The van der Waals surface area contributed by atoms with Crippen molar-refractivity contribution in [3.63, 3.8) is 0 Å². The molecule has 1 aliphatic rings. The van der Waals surface area contributed by atoms with Crippen molar-refractivity contribution in [2.24, 2.45) is 0 Å². The number of halogens is 1. The highest BCUT2D eigenvalue weighted by atomic mass is 19.1. The lowest BCUT2D eigenvalue weighted by Gasteiger charge is -2.26. The summed E-state index contributed by atoms with van der Waals surface area (Å²) < 4.78 is 18.1. The summed E-state index contributed by atoms with van der Waals surface area (Å²) in [5.74, 6) is -0.330. The molecule has 92 valence electrons. The first-order valence-electron chi connectivity index (χ1n) is 5.60. The van der Waals surface area contributed by atoms with E-state index in [1.807, 2.05) is 0 Å². The van der Waals surface area contributed by atoms with E-state index in [4.69, 9.17) is 4.74 Å². The smallest absolute Gasteiger partial charge is 0.319 e. The van der Waals surface area contributed by atoms with Crippen LogP contribution in [0.15, 0.2) is 18.2 Å². The Kier molecular flexibility index (Phi) is 3.46. The summed E-state index contributed by atoms with van der Waals surface area (Å²) in [5.41, 5.74) is 0.417. The summed E-state index contributed by atoms with van der Waals surface area (Å²) in [4.78, 5) is 11.5. The number of amides is 2. The third-order valence-electron chi connectivity index (χ3n) is 2.85. The number of nitrogens with one attached hydrogen (secondary N) is 2. The van der Waals surface area contributed by atoms with E-state index < -0.39 is 5.82 Å². The van der Waals surface area contributed by atoms with Gasteiger partial charge in [0, 0.05) is 17.8 Å². The van der Waals surface area contributed by atoms with E-state index in [1.165, 1.54) is 19.2 Å². The predicted molar refractivity (Wildman–Crippen MR) is 62.7 cm³/mol. The largest absolute Gasteiger partial charge is 0.494 e. The molecule has 2 amide bonds. The van der Waals surface area contributed by atoms with Gasteiger partial charge in [-0.25, -0.2) is 9.18 Å². The van der Waals surface area contributed by atoms with Crippen LogP contribution in [0.5, 0.6) is 5.75 Å². The van der Waals surface area contributed by atoms with E-state index in [0.29, 0.717) is 5.69 Å². The molecule has 0 saturated heterocycles. The van der Waals surface area contributed by atoms with E-state index in [9.17, 15) is 9.18 Å². The minimum Gasteiger partial charge on any atom is -0.494 e. The van der Waals surface area contributed by atoms with Gasteiger partial charge in [-0.05, 0) is 31.4 Å². The lowest BCUT2D eigenvalue weighted by molar-refractivity contribution is 0.240. The third-order valence-corrected chi connectivity index (χ3v) is 2.85. The number of ether oxygens (including phenoxy) is 1.